The van der Waals surface area contributed by atoms with Gasteiger partial charge in [-0.05, 0) is 18.6 Å². The van der Waals surface area contributed by atoms with Gasteiger partial charge in [-0.1, -0.05) is 45.2 Å². The Kier molecular flexibility index (Phi) is 7.51. The first-order valence-corrected chi connectivity index (χ1v) is 9.97. The van der Waals surface area contributed by atoms with Crippen LogP contribution < -0.4 is 9.46 Å². The molecular weight excluding hydrogens is 473 g/mol. The number of hydrogen-bond acceptors (Lipinski definition) is 5. The minimum atomic E-state index is -2.16. The van der Waals surface area contributed by atoms with Crippen LogP contribution in [0.4, 0.5) is 0 Å². The van der Waals surface area contributed by atoms with Crippen LogP contribution in [-0.4, -0.2) is 26.4 Å². The van der Waals surface area contributed by atoms with Crippen molar-refractivity contribution in [3.63, 3.8) is 0 Å². The number of carbonyl (C=O) groups excluding carboxylic acids is 1. The maximum Gasteiger partial charge on any atom is 0.308 e. The monoisotopic (exact) mass is 485 g/mol. The molecular formula is C15H14BrCl2NO6S. The molecule has 0 aliphatic rings. The molecule has 1 heterocycles. The summed E-state index contributed by atoms with van der Waals surface area (Å²) in [6.07, 6.45) is 0.295. The van der Waals surface area contributed by atoms with Crippen LogP contribution in [0.5, 0.6) is 11.5 Å². The molecule has 0 fully saturated rings. The van der Waals surface area contributed by atoms with E-state index in [1.807, 2.05) is 0 Å². The summed E-state index contributed by atoms with van der Waals surface area (Å²) in [5, 5.41) is 11.0. The number of alkyl halides is 1. The molecule has 142 valence electrons. The number of ether oxygens (including phenoxy) is 1. The molecule has 0 bridgehead atoms. The van der Waals surface area contributed by atoms with Crippen molar-refractivity contribution in [1.29, 1.82) is 0 Å². The fraction of sp³-hybridized carbons (Fsp3) is 0.267. The number of benzene rings is 1. The van der Waals surface area contributed by atoms with Crippen LogP contribution in [0, 0.1) is 0 Å². The molecule has 2 rings (SSSR count). The second kappa shape index (κ2) is 9.20. The number of rotatable bonds is 7. The van der Waals surface area contributed by atoms with Gasteiger partial charge in [-0.25, -0.2) is 8.93 Å². The van der Waals surface area contributed by atoms with Crippen molar-refractivity contribution < 1.29 is 27.8 Å². The molecule has 0 saturated carbocycles. The van der Waals surface area contributed by atoms with Gasteiger partial charge in [0.05, 0.1) is 20.4 Å². The molecule has 0 aliphatic carbocycles. The van der Waals surface area contributed by atoms with Gasteiger partial charge in [0, 0.05) is 13.5 Å². The predicted molar refractivity (Wildman–Crippen MR) is 102 cm³/mol. The molecule has 2 aromatic rings. The first-order valence-electron chi connectivity index (χ1n) is 7.19. The van der Waals surface area contributed by atoms with E-state index in [0.717, 1.165) is 0 Å². The molecule has 1 aromatic heterocycles. The third-order valence-corrected chi connectivity index (χ3v) is 5.16. The number of hydrogen-bond donors (Lipinski definition) is 3. The Labute approximate surface area is 170 Å². The molecule has 0 radical (unpaired) electrons. The molecule has 0 aliphatic heterocycles. The van der Waals surface area contributed by atoms with Crippen LogP contribution in [0.15, 0.2) is 22.6 Å². The zero-order chi connectivity index (χ0) is 19.4. The maximum absolute atomic E-state index is 11.4. The molecule has 7 nitrogen and oxygen atoms in total. The summed E-state index contributed by atoms with van der Waals surface area (Å²) in [5.41, 5.74) is 0.252. The molecule has 26 heavy (non-hydrogen) atoms. The number of nitrogens with one attached hydrogen (secondary N) is 1. The van der Waals surface area contributed by atoms with Gasteiger partial charge in [-0.2, -0.15) is 0 Å². The molecule has 0 spiro atoms. The normalized spacial score (nSPS) is 13.4. The first kappa shape index (κ1) is 21.2. The van der Waals surface area contributed by atoms with E-state index in [4.69, 9.17) is 36.9 Å². The van der Waals surface area contributed by atoms with E-state index in [1.165, 1.54) is 6.92 Å². The topological polar surface area (TPSA) is 109 Å². The smallest absolute Gasteiger partial charge is 0.308 e. The maximum atomic E-state index is 11.4. The molecule has 1 aromatic carbocycles. The van der Waals surface area contributed by atoms with Crippen molar-refractivity contribution in [1.82, 2.24) is 4.72 Å². The zero-order valence-electron chi connectivity index (χ0n) is 13.3. The Bertz CT molecular complexity index is 824. The molecule has 11 heteroatoms. The van der Waals surface area contributed by atoms with Crippen LogP contribution in [0.3, 0.4) is 0 Å². The first-order chi connectivity index (χ1) is 12.2. The zero-order valence-corrected chi connectivity index (χ0v) is 17.2. The van der Waals surface area contributed by atoms with Gasteiger partial charge >= 0.3 is 5.97 Å². The number of halogens is 3. The minimum Gasteiger partial charge on any atom is -0.502 e. The predicted octanol–water partition coefficient (Wildman–Crippen LogP) is 4.44. The van der Waals surface area contributed by atoms with Crippen molar-refractivity contribution in [3.8, 4) is 22.8 Å². The van der Waals surface area contributed by atoms with Crippen molar-refractivity contribution in [2.24, 2.45) is 0 Å². The molecule has 0 amide bonds. The van der Waals surface area contributed by atoms with E-state index in [0.29, 0.717) is 6.42 Å². The highest BCUT2D eigenvalue weighted by Crippen LogP contribution is 2.50. The minimum absolute atomic E-state index is 0.0463. The Morgan fingerprint density at radius 2 is 2.04 bits per heavy atom. The van der Waals surface area contributed by atoms with E-state index < -0.39 is 27.8 Å². The van der Waals surface area contributed by atoms with Gasteiger partial charge in [0.2, 0.25) is 22.8 Å². The fourth-order valence-electron chi connectivity index (χ4n) is 2.16. The van der Waals surface area contributed by atoms with Gasteiger partial charge in [0.1, 0.15) is 0 Å². The number of aromatic hydroxyl groups is 1. The summed E-state index contributed by atoms with van der Waals surface area (Å²) < 4.78 is 32.5. The standard InChI is InChI=1S/C15H14BrCl2NO6S/c1-7(20)24-15-12(21)14(11-9(17)3-2-4-10(11)18)25-13(15)8(16)5-6-19-26(22)23/h2-4,8,19,21H,5-6H2,1H3,(H,22,23). The summed E-state index contributed by atoms with van der Waals surface area (Å²) in [4.78, 5) is 10.9. The molecule has 3 N–H and O–H groups in total. The lowest BCUT2D eigenvalue weighted by Crippen LogP contribution is -2.18. The number of esters is 1. The average Bonchev–Trinajstić information content (AvgIpc) is 2.84. The van der Waals surface area contributed by atoms with Gasteiger partial charge in [-0.15, -0.1) is 0 Å². The third kappa shape index (κ3) is 4.99. The van der Waals surface area contributed by atoms with Crippen molar-refractivity contribution in [2.75, 3.05) is 6.54 Å². The van der Waals surface area contributed by atoms with Crippen LogP contribution in [0.25, 0.3) is 11.3 Å². The van der Waals surface area contributed by atoms with Gasteiger partial charge in [0.15, 0.2) is 11.5 Å². The summed E-state index contributed by atoms with van der Waals surface area (Å²) in [6.45, 7) is 1.33. The second-order valence-corrected chi connectivity index (χ2v) is 7.77. The van der Waals surface area contributed by atoms with E-state index in [9.17, 15) is 14.1 Å². The molecule has 2 atom stereocenters. The lowest BCUT2D eigenvalue weighted by molar-refractivity contribution is -0.132. The van der Waals surface area contributed by atoms with E-state index in [2.05, 4.69) is 20.7 Å². The van der Waals surface area contributed by atoms with Crippen LogP contribution in [0.1, 0.15) is 23.9 Å². The van der Waals surface area contributed by atoms with Gasteiger partial charge in [-0.3, -0.25) is 9.35 Å². The molecule has 2 unspecified atom stereocenters. The highest BCUT2D eigenvalue weighted by Gasteiger charge is 2.30. The fourth-order valence-corrected chi connectivity index (χ4v) is 3.55. The van der Waals surface area contributed by atoms with E-state index >= 15 is 0 Å². The summed E-state index contributed by atoms with van der Waals surface area (Å²) >= 11 is 13.5. The van der Waals surface area contributed by atoms with Crippen molar-refractivity contribution in [2.45, 2.75) is 18.2 Å². The average molecular weight is 487 g/mol. The van der Waals surface area contributed by atoms with Crippen molar-refractivity contribution >= 4 is 56.4 Å². The highest BCUT2D eigenvalue weighted by molar-refractivity contribution is 9.09. The number of furan rings is 1. The lowest BCUT2D eigenvalue weighted by atomic mass is 10.1. The Balaban J connectivity index is 2.47. The van der Waals surface area contributed by atoms with Crippen LogP contribution in [-0.2, 0) is 16.1 Å². The highest BCUT2D eigenvalue weighted by atomic mass is 79.9. The van der Waals surface area contributed by atoms with E-state index in [-0.39, 0.29) is 39.4 Å². The third-order valence-electron chi connectivity index (χ3n) is 3.21. The number of carbonyl (C=O) groups is 1. The van der Waals surface area contributed by atoms with Crippen LogP contribution in [0.2, 0.25) is 10.0 Å². The largest absolute Gasteiger partial charge is 0.502 e. The Morgan fingerprint density at radius 1 is 1.42 bits per heavy atom. The van der Waals surface area contributed by atoms with E-state index in [1.54, 1.807) is 18.2 Å². The molecule has 0 saturated heterocycles. The quantitative estimate of drug-likeness (QED) is 0.303. The lowest BCUT2D eigenvalue weighted by Gasteiger charge is -2.09. The summed E-state index contributed by atoms with van der Waals surface area (Å²) in [6, 6.07) is 4.78. The van der Waals surface area contributed by atoms with Crippen LogP contribution >= 0.6 is 39.1 Å². The summed E-state index contributed by atoms with van der Waals surface area (Å²) in [7, 11) is 0. The Morgan fingerprint density at radius 3 is 2.58 bits per heavy atom. The Hall–Kier alpha value is -1.10. The van der Waals surface area contributed by atoms with Gasteiger partial charge < -0.3 is 14.3 Å². The van der Waals surface area contributed by atoms with Crippen molar-refractivity contribution in [3.05, 3.63) is 34.0 Å². The van der Waals surface area contributed by atoms with Gasteiger partial charge in [0.25, 0.3) is 0 Å². The summed E-state index contributed by atoms with van der Waals surface area (Å²) in [5.74, 6) is -1.18. The second-order valence-electron chi connectivity index (χ2n) is 5.06. The SMILES string of the molecule is CC(=O)Oc1c(C(Br)CCNS(=O)O)oc(-c2c(Cl)cccc2Cl)c1O.